The first-order chi connectivity index (χ1) is 16.5. The molecule has 6 nitrogen and oxygen atoms in total. The smallest absolute Gasteiger partial charge is 0.254 e. The first-order valence-corrected chi connectivity index (χ1v) is 12.2. The topological polar surface area (TPSA) is 62.2 Å². The van der Waals surface area contributed by atoms with Crippen LogP contribution in [0.4, 0.5) is 0 Å². The van der Waals surface area contributed by atoms with Crippen LogP contribution in [0, 0.1) is 17.8 Å². The van der Waals surface area contributed by atoms with E-state index in [0.29, 0.717) is 29.5 Å². The van der Waals surface area contributed by atoms with E-state index in [4.69, 9.17) is 9.47 Å². The first kappa shape index (κ1) is 22.8. The molecule has 3 aliphatic rings. The minimum atomic E-state index is 0.0191. The predicted octanol–water partition coefficient (Wildman–Crippen LogP) is 3.49. The molecule has 1 amide bonds. The van der Waals surface area contributed by atoms with E-state index in [-0.39, 0.29) is 37.3 Å². The first-order valence-electron chi connectivity index (χ1n) is 12.2. The summed E-state index contributed by atoms with van der Waals surface area (Å²) in [7, 11) is 0. The van der Waals surface area contributed by atoms with Crippen molar-refractivity contribution in [2.45, 2.75) is 44.7 Å². The van der Waals surface area contributed by atoms with Crippen molar-refractivity contribution in [1.29, 1.82) is 0 Å². The van der Waals surface area contributed by atoms with Crippen molar-refractivity contribution >= 4 is 5.91 Å². The third-order valence-corrected chi connectivity index (χ3v) is 7.08. The second-order valence-corrected chi connectivity index (χ2v) is 9.65. The Morgan fingerprint density at radius 1 is 1.09 bits per heavy atom. The minimum Gasteiger partial charge on any atom is -0.454 e. The number of nitrogens with zero attached hydrogens (tertiary/aromatic N) is 2. The summed E-state index contributed by atoms with van der Waals surface area (Å²) in [6.45, 7) is 6.81. The number of hydrogen-bond acceptors (Lipinski definition) is 5. The molecule has 0 aromatic heterocycles. The van der Waals surface area contributed by atoms with Gasteiger partial charge in [0.1, 0.15) is 0 Å². The number of amides is 1. The van der Waals surface area contributed by atoms with E-state index in [1.54, 1.807) is 6.07 Å². The molecule has 3 heterocycles. The molecule has 1 N–H and O–H groups in total. The third kappa shape index (κ3) is 4.38. The van der Waals surface area contributed by atoms with Crippen LogP contribution in [0.5, 0.6) is 11.5 Å². The van der Waals surface area contributed by atoms with Crippen LogP contribution in [0.25, 0.3) is 0 Å². The molecule has 6 heteroatoms. The molecule has 2 aromatic rings. The molecule has 0 bridgehead atoms. The molecule has 0 saturated carbocycles. The molecule has 3 aliphatic heterocycles. The summed E-state index contributed by atoms with van der Waals surface area (Å²) < 4.78 is 10.9. The quantitative estimate of drug-likeness (QED) is 0.711. The standard InChI is InChI=1S/C28H32N2O4/c1-19(2)5-6-20-7-9-21(10-8-20)27-23-16-29(13-3-4-14-30(23)24(27)17-31)28(32)22-11-12-25-26(15-22)34-18-33-25/h7-12,15,19,23-24,27,31H,3-4,13-14,16-18H2,1-2H3/t23-,24-,27+/m0/s1. The van der Waals surface area contributed by atoms with Crippen LogP contribution in [0.3, 0.4) is 0 Å². The van der Waals surface area contributed by atoms with E-state index in [2.05, 4.69) is 54.9 Å². The lowest BCUT2D eigenvalue weighted by Gasteiger charge is -2.57. The van der Waals surface area contributed by atoms with E-state index in [0.717, 1.165) is 31.5 Å². The van der Waals surface area contributed by atoms with Gasteiger partial charge in [-0.3, -0.25) is 9.69 Å². The second kappa shape index (κ2) is 9.69. The maximum Gasteiger partial charge on any atom is 0.254 e. The van der Waals surface area contributed by atoms with Crippen molar-refractivity contribution in [2.24, 2.45) is 5.92 Å². The van der Waals surface area contributed by atoms with Gasteiger partial charge in [0.2, 0.25) is 6.79 Å². The molecule has 34 heavy (non-hydrogen) atoms. The Bertz CT molecular complexity index is 1100. The van der Waals surface area contributed by atoms with Crippen molar-refractivity contribution in [3.8, 4) is 23.3 Å². The zero-order valence-electron chi connectivity index (χ0n) is 19.9. The average Bonchev–Trinajstić information content (AvgIpc) is 3.30. The van der Waals surface area contributed by atoms with E-state index in [9.17, 15) is 9.90 Å². The summed E-state index contributed by atoms with van der Waals surface area (Å²) in [6, 6.07) is 14.1. The van der Waals surface area contributed by atoms with Gasteiger partial charge in [-0.1, -0.05) is 37.8 Å². The number of fused-ring (bicyclic) bond motifs is 2. The Labute approximate surface area is 201 Å². The highest BCUT2D eigenvalue weighted by Gasteiger charge is 2.49. The van der Waals surface area contributed by atoms with Crippen LogP contribution >= 0.6 is 0 Å². The molecule has 0 radical (unpaired) electrons. The lowest BCUT2D eigenvalue weighted by atomic mass is 9.74. The highest BCUT2D eigenvalue weighted by Crippen LogP contribution is 2.42. The van der Waals surface area contributed by atoms with Gasteiger partial charge in [0.25, 0.3) is 5.91 Å². The maximum absolute atomic E-state index is 13.5. The number of aliphatic hydroxyl groups excluding tert-OH is 1. The molecule has 5 rings (SSSR count). The lowest BCUT2D eigenvalue weighted by molar-refractivity contribution is -0.0606. The van der Waals surface area contributed by atoms with E-state index < -0.39 is 0 Å². The summed E-state index contributed by atoms with van der Waals surface area (Å²) in [5, 5.41) is 10.2. The van der Waals surface area contributed by atoms with Crippen molar-refractivity contribution in [3.05, 3.63) is 59.2 Å². The second-order valence-electron chi connectivity index (χ2n) is 9.65. The molecule has 2 fully saturated rings. The van der Waals surface area contributed by atoms with Gasteiger partial charge in [-0.2, -0.15) is 0 Å². The number of ether oxygens (including phenoxy) is 2. The number of rotatable bonds is 3. The number of hydrogen-bond donors (Lipinski definition) is 1. The van der Waals surface area contributed by atoms with Gasteiger partial charge < -0.3 is 19.5 Å². The molecule has 3 atom stereocenters. The van der Waals surface area contributed by atoms with Gasteiger partial charge >= 0.3 is 0 Å². The Morgan fingerprint density at radius 3 is 2.62 bits per heavy atom. The molecule has 0 unspecified atom stereocenters. The summed E-state index contributed by atoms with van der Waals surface area (Å²) in [5.74, 6) is 8.28. The Hall–Kier alpha value is -3.01. The lowest BCUT2D eigenvalue weighted by Crippen LogP contribution is -2.67. The zero-order valence-corrected chi connectivity index (χ0v) is 19.9. The van der Waals surface area contributed by atoms with Gasteiger partial charge in [-0.05, 0) is 55.3 Å². The van der Waals surface area contributed by atoms with Gasteiger partial charge in [0.15, 0.2) is 11.5 Å². The summed E-state index contributed by atoms with van der Waals surface area (Å²) in [5.41, 5.74) is 2.83. The molecule has 2 saturated heterocycles. The van der Waals surface area contributed by atoms with Gasteiger partial charge in [0.05, 0.1) is 6.61 Å². The Kier molecular flexibility index (Phi) is 6.49. The van der Waals surface area contributed by atoms with Crippen LogP contribution < -0.4 is 9.47 Å². The predicted molar refractivity (Wildman–Crippen MR) is 130 cm³/mol. The number of carbonyl (C=O) groups excluding carboxylic acids is 1. The molecular formula is C28H32N2O4. The normalized spacial score (nSPS) is 23.9. The molecule has 2 aromatic carbocycles. The summed E-state index contributed by atoms with van der Waals surface area (Å²) in [6.07, 6.45) is 1.96. The minimum absolute atomic E-state index is 0.0191. The average molecular weight is 461 g/mol. The number of benzene rings is 2. The van der Waals surface area contributed by atoms with Crippen molar-refractivity contribution < 1.29 is 19.4 Å². The van der Waals surface area contributed by atoms with Crippen molar-refractivity contribution in [1.82, 2.24) is 9.80 Å². The molecule has 0 aliphatic carbocycles. The van der Waals surface area contributed by atoms with Gasteiger partial charge in [-0.25, -0.2) is 0 Å². The van der Waals surface area contributed by atoms with E-state index >= 15 is 0 Å². The van der Waals surface area contributed by atoms with Gasteiger partial charge in [0, 0.05) is 48.1 Å². The fraction of sp³-hybridized carbons (Fsp3) is 0.464. The number of aliphatic hydroxyl groups is 1. The van der Waals surface area contributed by atoms with Crippen LogP contribution in [0.15, 0.2) is 42.5 Å². The molecule has 178 valence electrons. The van der Waals surface area contributed by atoms with Crippen LogP contribution in [-0.2, 0) is 0 Å². The Morgan fingerprint density at radius 2 is 1.85 bits per heavy atom. The highest BCUT2D eigenvalue weighted by molar-refractivity contribution is 5.95. The summed E-state index contributed by atoms with van der Waals surface area (Å²) in [4.78, 5) is 17.8. The van der Waals surface area contributed by atoms with Crippen molar-refractivity contribution in [3.63, 3.8) is 0 Å². The zero-order chi connectivity index (χ0) is 23.7. The van der Waals surface area contributed by atoms with E-state index in [1.807, 2.05) is 17.0 Å². The molecular weight excluding hydrogens is 428 g/mol. The SMILES string of the molecule is CC(C)C#Cc1ccc([C@H]2[C@H](CO)N3CCCCN(C(=O)c4ccc5c(c4)OCO5)C[C@@H]23)cc1. The monoisotopic (exact) mass is 460 g/mol. The highest BCUT2D eigenvalue weighted by atomic mass is 16.7. The summed E-state index contributed by atoms with van der Waals surface area (Å²) >= 11 is 0. The largest absolute Gasteiger partial charge is 0.454 e. The molecule has 0 spiro atoms. The van der Waals surface area contributed by atoms with Crippen molar-refractivity contribution in [2.75, 3.05) is 33.0 Å². The third-order valence-electron chi connectivity index (χ3n) is 7.08. The fourth-order valence-corrected chi connectivity index (χ4v) is 5.35. The van der Waals surface area contributed by atoms with E-state index in [1.165, 1.54) is 5.56 Å². The Balaban J connectivity index is 1.37. The number of carbonyl (C=O) groups is 1. The maximum atomic E-state index is 13.5. The van der Waals surface area contributed by atoms with Crippen LogP contribution in [0.2, 0.25) is 0 Å². The van der Waals surface area contributed by atoms with Gasteiger partial charge in [-0.15, -0.1) is 0 Å². The fourth-order valence-electron chi connectivity index (χ4n) is 5.35. The van der Waals surface area contributed by atoms with Crippen LogP contribution in [-0.4, -0.2) is 65.9 Å². The van der Waals surface area contributed by atoms with Crippen LogP contribution in [0.1, 0.15) is 54.1 Å².